The Labute approximate surface area is 338 Å². The largest absolute Gasteiger partial charge is 0.502 e. The van der Waals surface area contributed by atoms with Crippen molar-refractivity contribution in [1.29, 1.82) is 0 Å². The van der Waals surface area contributed by atoms with Gasteiger partial charge >= 0.3 is 12.4 Å². The predicted molar refractivity (Wildman–Crippen MR) is 212 cm³/mol. The number of allylic oxidation sites excluding steroid dienone is 1. The van der Waals surface area contributed by atoms with Crippen molar-refractivity contribution in [3.05, 3.63) is 137 Å². The summed E-state index contributed by atoms with van der Waals surface area (Å²) < 4.78 is 89.8. The molecule has 0 aliphatic heterocycles. The van der Waals surface area contributed by atoms with E-state index in [1.807, 2.05) is 40.7 Å². The number of hydrogen-bond donors (Lipinski definition) is 2. The van der Waals surface area contributed by atoms with Crippen LogP contribution in [0.2, 0.25) is 0 Å². The summed E-state index contributed by atoms with van der Waals surface area (Å²) in [5.41, 5.74) is 0.250. The summed E-state index contributed by atoms with van der Waals surface area (Å²) in [6.07, 6.45) is 7.79. The fourth-order valence-corrected chi connectivity index (χ4v) is 5.19. The second-order valence-corrected chi connectivity index (χ2v) is 12.5. The van der Waals surface area contributed by atoms with Crippen molar-refractivity contribution in [2.75, 3.05) is 23.8 Å². The molecule has 12 nitrogen and oxygen atoms in total. The van der Waals surface area contributed by atoms with Gasteiger partial charge in [0.1, 0.15) is 16.3 Å². The van der Waals surface area contributed by atoms with Crippen molar-refractivity contribution < 1.29 is 35.8 Å². The van der Waals surface area contributed by atoms with Crippen LogP contribution in [0.3, 0.4) is 0 Å². The molecule has 0 fully saturated rings. The van der Waals surface area contributed by atoms with E-state index in [2.05, 4.69) is 56.5 Å². The fraction of sp³-hybridized carbons (Fsp3) is 0.231. The lowest BCUT2D eigenvalue weighted by atomic mass is 10.2. The molecule has 6 aromatic rings. The van der Waals surface area contributed by atoms with Gasteiger partial charge in [-0.2, -0.15) is 26.3 Å². The molecule has 2 aromatic carbocycles. The molecule has 0 atom stereocenters. The van der Waals surface area contributed by atoms with Crippen LogP contribution in [0, 0.1) is 13.8 Å². The maximum atomic E-state index is 12.7. The molecule has 4 aromatic heterocycles. The molecule has 0 spiro atoms. The first-order valence-corrected chi connectivity index (χ1v) is 18.2. The monoisotopic (exact) mass is 872 g/mol. The molecule has 0 saturated heterocycles. The highest BCUT2D eigenvalue weighted by Gasteiger charge is 2.30. The summed E-state index contributed by atoms with van der Waals surface area (Å²) in [6.45, 7) is 10.8. The molecule has 0 saturated carbocycles. The van der Waals surface area contributed by atoms with Crippen molar-refractivity contribution in [2.24, 2.45) is 0 Å². The highest BCUT2D eigenvalue weighted by molar-refractivity contribution is 9.10. The van der Waals surface area contributed by atoms with Crippen LogP contribution >= 0.6 is 15.9 Å². The molecule has 0 radical (unpaired) electrons. The van der Waals surface area contributed by atoms with Gasteiger partial charge in [0.05, 0.1) is 67.3 Å². The topological polar surface area (TPSA) is 130 Å². The molecule has 0 amide bonds. The maximum Gasteiger partial charge on any atom is 0.416 e. The summed E-state index contributed by atoms with van der Waals surface area (Å²) in [7, 11) is 0. The van der Waals surface area contributed by atoms with Gasteiger partial charge in [-0.15, -0.1) is 0 Å². The number of alkyl halides is 6. The van der Waals surface area contributed by atoms with Crippen molar-refractivity contribution in [3.63, 3.8) is 0 Å². The van der Waals surface area contributed by atoms with Crippen molar-refractivity contribution >= 4 is 45.0 Å². The van der Waals surface area contributed by atoms with E-state index in [0.717, 1.165) is 36.7 Å². The molecule has 6 rings (SSSR count). The normalized spacial score (nSPS) is 11.4. The number of aromatic nitrogens is 8. The maximum absolute atomic E-state index is 12.7. The van der Waals surface area contributed by atoms with Crippen molar-refractivity contribution in [1.82, 2.24) is 39.0 Å². The molecule has 0 bridgehead atoms. The van der Waals surface area contributed by atoms with Gasteiger partial charge in [0.2, 0.25) is 0 Å². The quantitative estimate of drug-likeness (QED) is 0.0958. The molecule has 0 aliphatic carbocycles. The molecule has 0 unspecified atom stereocenters. The van der Waals surface area contributed by atoms with E-state index in [1.165, 1.54) is 36.7 Å². The van der Waals surface area contributed by atoms with Gasteiger partial charge in [-0.25, -0.2) is 19.9 Å². The molecular weight excluding hydrogens is 834 g/mol. The lowest BCUT2D eigenvalue weighted by Gasteiger charge is -2.10. The van der Waals surface area contributed by atoms with Crippen LogP contribution in [0.5, 0.6) is 0 Å². The van der Waals surface area contributed by atoms with E-state index < -0.39 is 23.5 Å². The van der Waals surface area contributed by atoms with Crippen molar-refractivity contribution in [3.8, 4) is 11.6 Å². The molecule has 19 heteroatoms. The molecule has 306 valence electrons. The summed E-state index contributed by atoms with van der Waals surface area (Å²) in [5, 5.41) is 5.88. The third kappa shape index (κ3) is 13.5. The Morgan fingerprint density at radius 3 is 1.48 bits per heavy atom. The van der Waals surface area contributed by atoms with Gasteiger partial charge < -0.3 is 20.1 Å². The zero-order valence-electron chi connectivity index (χ0n) is 31.8. The summed E-state index contributed by atoms with van der Waals surface area (Å²) in [4.78, 5) is 25.7. The van der Waals surface area contributed by atoms with Crippen molar-refractivity contribution in [2.45, 2.75) is 47.0 Å². The number of ether oxygens (including phenoxy) is 2. The number of imidazole rings is 2. The zero-order chi connectivity index (χ0) is 42.3. The molecular formula is C39H39BrF6N10O2. The number of nitrogens with one attached hydrogen (secondary N) is 2. The standard InChI is InChI=1S/C19H18F3N5O.C15H11BrF3N5.C5H10O/c1-3-28-9-8-16-12-27(13(2)24-16)18-11-23-10-17(26-18)25-15-6-4-14(5-7-15)19(20,21)22;1-9-21-12(16)8-24(9)14-7-20-6-13(23-14)22-11-4-2-10(3-5-11)15(17,18)19;1-3-5-6-4-2/h4-12H,3H2,1-2H3,(H,25,26);2-8H,1H3,(H,22,23);3,5H,4H2,1-2H3/b9-8-;;5-3-. The van der Waals surface area contributed by atoms with Gasteiger partial charge in [0, 0.05) is 23.8 Å². The van der Waals surface area contributed by atoms with Gasteiger partial charge in [-0.3, -0.25) is 19.1 Å². The van der Waals surface area contributed by atoms with Crippen LogP contribution in [0.15, 0.2) is 109 Å². The Kier molecular flexibility index (Phi) is 15.9. The van der Waals surface area contributed by atoms with E-state index in [4.69, 9.17) is 9.47 Å². The van der Waals surface area contributed by atoms with Crippen LogP contribution in [-0.2, 0) is 21.8 Å². The van der Waals surface area contributed by atoms with E-state index >= 15 is 0 Å². The van der Waals surface area contributed by atoms with Crippen LogP contribution in [-0.4, -0.2) is 52.3 Å². The van der Waals surface area contributed by atoms with Gasteiger partial charge in [0.15, 0.2) is 23.3 Å². The van der Waals surface area contributed by atoms with Crippen LogP contribution in [0.4, 0.5) is 49.4 Å². The second-order valence-electron chi connectivity index (χ2n) is 11.7. The van der Waals surface area contributed by atoms with Crippen LogP contribution in [0.1, 0.15) is 49.2 Å². The third-order valence-electron chi connectivity index (χ3n) is 7.36. The Morgan fingerprint density at radius 2 is 1.09 bits per heavy atom. The summed E-state index contributed by atoms with van der Waals surface area (Å²) in [5.74, 6) is 3.31. The number of aryl methyl sites for hydroxylation is 2. The highest BCUT2D eigenvalue weighted by Crippen LogP contribution is 2.31. The Hall–Kier alpha value is -6.24. The SMILES string of the molecule is C/C=C\OCC.CCO/C=C\c1cn(-c2cncc(Nc3ccc(C(F)(F)F)cc3)n2)c(C)n1.Cc1nc(Br)cn1-c1cncc(Nc2ccc(C(F)(F)F)cc2)n1. The van der Waals surface area contributed by atoms with Gasteiger partial charge in [-0.05, 0) is 105 Å². The number of rotatable bonds is 11. The molecule has 58 heavy (non-hydrogen) atoms. The third-order valence-corrected chi connectivity index (χ3v) is 7.74. The zero-order valence-corrected chi connectivity index (χ0v) is 33.4. The number of anilines is 4. The molecule has 2 N–H and O–H groups in total. The van der Waals surface area contributed by atoms with E-state index in [0.29, 0.717) is 57.4 Å². The molecule has 4 heterocycles. The number of hydrogen-bond acceptors (Lipinski definition) is 10. The average Bonchev–Trinajstić information content (AvgIpc) is 3.74. The van der Waals surface area contributed by atoms with Gasteiger partial charge in [-0.1, -0.05) is 6.08 Å². The minimum absolute atomic E-state index is 0.400. The summed E-state index contributed by atoms with van der Waals surface area (Å²) in [6, 6.07) is 9.42. The predicted octanol–water partition coefficient (Wildman–Crippen LogP) is 10.8. The Balaban J connectivity index is 0.000000227. The highest BCUT2D eigenvalue weighted by atomic mass is 79.9. The second kappa shape index (κ2) is 20.8. The smallest absolute Gasteiger partial charge is 0.416 e. The van der Waals surface area contributed by atoms with E-state index in [9.17, 15) is 26.3 Å². The first kappa shape index (κ1) is 44.5. The Bertz CT molecular complexity index is 2260. The molecule has 0 aliphatic rings. The van der Waals surface area contributed by atoms with E-state index in [-0.39, 0.29) is 0 Å². The lowest BCUT2D eigenvalue weighted by molar-refractivity contribution is -0.138. The number of benzene rings is 2. The number of nitrogens with zero attached hydrogens (tertiary/aromatic N) is 8. The summed E-state index contributed by atoms with van der Waals surface area (Å²) >= 11 is 3.29. The van der Waals surface area contributed by atoms with Crippen LogP contribution < -0.4 is 10.6 Å². The first-order chi connectivity index (χ1) is 27.6. The fourth-order valence-electron chi connectivity index (χ4n) is 4.73. The Morgan fingerprint density at radius 1 is 0.638 bits per heavy atom. The minimum atomic E-state index is -4.37. The number of halogens is 7. The van der Waals surface area contributed by atoms with Crippen LogP contribution in [0.25, 0.3) is 17.7 Å². The first-order valence-electron chi connectivity index (χ1n) is 17.4. The van der Waals surface area contributed by atoms with E-state index in [1.54, 1.807) is 52.5 Å². The lowest BCUT2D eigenvalue weighted by Crippen LogP contribution is -2.05. The minimum Gasteiger partial charge on any atom is -0.502 e. The van der Waals surface area contributed by atoms with Gasteiger partial charge in [0.25, 0.3) is 0 Å². The average molecular weight is 874 g/mol.